The highest BCUT2D eigenvalue weighted by Gasteiger charge is 2.21. The first kappa shape index (κ1) is 10.3. The molecule has 17 heavy (non-hydrogen) atoms. The molecule has 0 bridgehead atoms. The summed E-state index contributed by atoms with van der Waals surface area (Å²) in [6.45, 7) is 1.98. The fourth-order valence-electron chi connectivity index (χ4n) is 1.99. The van der Waals surface area contributed by atoms with Crippen LogP contribution in [0.1, 0.15) is 24.7 Å². The average Bonchev–Trinajstić information content (AvgIpc) is 2.90. The van der Waals surface area contributed by atoms with Gasteiger partial charge in [0, 0.05) is 12.7 Å². The maximum absolute atomic E-state index is 5.30. The Labute approximate surface area is 98.5 Å². The normalized spacial score (nSPS) is 20.4. The van der Waals surface area contributed by atoms with E-state index in [2.05, 4.69) is 25.4 Å². The van der Waals surface area contributed by atoms with Crippen LogP contribution in [0.2, 0.25) is 0 Å². The van der Waals surface area contributed by atoms with Gasteiger partial charge in [0.05, 0.1) is 5.92 Å². The van der Waals surface area contributed by atoms with E-state index in [1.165, 1.54) is 6.33 Å². The van der Waals surface area contributed by atoms with E-state index in [9.17, 15) is 0 Å². The van der Waals surface area contributed by atoms with Crippen LogP contribution in [0, 0.1) is 0 Å². The SMILES string of the molecule is c1cc(-c2noc(C3CCCNC3)n2)ncn1. The zero-order valence-electron chi connectivity index (χ0n) is 9.33. The monoisotopic (exact) mass is 231 g/mol. The number of hydrogen-bond donors (Lipinski definition) is 1. The van der Waals surface area contributed by atoms with E-state index in [1.807, 2.05) is 0 Å². The van der Waals surface area contributed by atoms with E-state index in [0.29, 0.717) is 23.3 Å². The third-order valence-corrected chi connectivity index (χ3v) is 2.90. The van der Waals surface area contributed by atoms with Crippen molar-refractivity contribution in [1.29, 1.82) is 0 Å². The van der Waals surface area contributed by atoms with Crippen molar-refractivity contribution in [3.63, 3.8) is 0 Å². The van der Waals surface area contributed by atoms with Gasteiger partial charge in [-0.25, -0.2) is 9.97 Å². The third kappa shape index (κ3) is 2.16. The second-order valence-corrected chi connectivity index (χ2v) is 4.09. The first-order valence-corrected chi connectivity index (χ1v) is 5.74. The Bertz CT molecular complexity index is 478. The maximum atomic E-state index is 5.30. The lowest BCUT2D eigenvalue weighted by Gasteiger charge is -2.18. The molecule has 6 nitrogen and oxygen atoms in total. The van der Waals surface area contributed by atoms with Crippen LogP contribution in [0.4, 0.5) is 0 Å². The highest BCUT2D eigenvalue weighted by atomic mass is 16.5. The van der Waals surface area contributed by atoms with Gasteiger partial charge in [-0.3, -0.25) is 0 Å². The molecule has 88 valence electrons. The average molecular weight is 231 g/mol. The molecule has 1 saturated heterocycles. The van der Waals surface area contributed by atoms with E-state index in [0.717, 1.165) is 25.9 Å². The van der Waals surface area contributed by atoms with Crippen molar-refractivity contribution >= 4 is 0 Å². The Balaban J connectivity index is 1.83. The van der Waals surface area contributed by atoms with Gasteiger partial charge in [-0.15, -0.1) is 0 Å². The van der Waals surface area contributed by atoms with Gasteiger partial charge in [-0.1, -0.05) is 5.16 Å². The van der Waals surface area contributed by atoms with E-state index < -0.39 is 0 Å². The summed E-state index contributed by atoms with van der Waals surface area (Å²) in [5.74, 6) is 1.56. The minimum Gasteiger partial charge on any atom is -0.339 e. The van der Waals surface area contributed by atoms with E-state index in [4.69, 9.17) is 4.52 Å². The Kier molecular flexibility index (Phi) is 2.79. The molecule has 0 radical (unpaired) electrons. The van der Waals surface area contributed by atoms with Crippen molar-refractivity contribution in [2.45, 2.75) is 18.8 Å². The molecule has 0 aromatic carbocycles. The van der Waals surface area contributed by atoms with Crippen molar-refractivity contribution < 1.29 is 4.52 Å². The summed E-state index contributed by atoms with van der Waals surface area (Å²) in [6.07, 6.45) is 5.39. The second kappa shape index (κ2) is 4.58. The summed E-state index contributed by atoms with van der Waals surface area (Å²) in [4.78, 5) is 12.4. The van der Waals surface area contributed by atoms with Gasteiger partial charge < -0.3 is 9.84 Å². The minimum absolute atomic E-state index is 0.326. The Morgan fingerprint density at radius 1 is 1.41 bits per heavy atom. The molecule has 3 rings (SSSR count). The lowest BCUT2D eigenvalue weighted by molar-refractivity contribution is 0.322. The number of piperidine rings is 1. The van der Waals surface area contributed by atoms with Crippen LogP contribution in [-0.2, 0) is 0 Å². The molecule has 0 aliphatic carbocycles. The lowest BCUT2D eigenvalue weighted by Crippen LogP contribution is -2.28. The Morgan fingerprint density at radius 2 is 2.41 bits per heavy atom. The van der Waals surface area contributed by atoms with Crippen LogP contribution in [0.3, 0.4) is 0 Å². The molecule has 3 heterocycles. The van der Waals surface area contributed by atoms with Crippen LogP contribution in [0.25, 0.3) is 11.5 Å². The fourth-order valence-corrected chi connectivity index (χ4v) is 1.99. The predicted octanol–water partition coefficient (Wildman–Crippen LogP) is 0.994. The van der Waals surface area contributed by atoms with Gasteiger partial charge in [0.2, 0.25) is 11.7 Å². The minimum atomic E-state index is 0.326. The van der Waals surface area contributed by atoms with Crippen LogP contribution in [0.15, 0.2) is 23.1 Å². The molecule has 1 unspecified atom stereocenters. The summed E-state index contributed by atoms with van der Waals surface area (Å²) < 4.78 is 5.30. The van der Waals surface area contributed by atoms with E-state index >= 15 is 0 Å². The topological polar surface area (TPSA) is 76.7 Å². The fraction of sp³-hybridized carbons (Fsp3) is 0.455. The predicted molar refractivity (Wildman–Crippen MR) is 60.2 cm³/mol. The molecular weight excluding hydrogens is 218 g/mol. The molecule has 1 aliphatic heterocycles. The zero-order valence-corrected chi connectivity index (χ0v) is 9.33. The van der Waals surface area contributed by atoms with E-state index in [-0.39, 0.29) is 0 Å². The molecule has 1 N–H and O–H groups in total. The van der Waals surface area contributed by atoms with Crippen molar-refractivity contribution in [1.82, 2.24) is 25.4 Å². The first-order valence-electron chi connectivity index (χ1n) is 5.74. The summed E-state index contributed by atoms with van der Waals surface area (Å²) in [5, 5.41) is 7.29. The van der Waals surface area contributed by atoms with Gasteiger partial charge in [-0.05, 0) is 25.5 Å². The van der Waals surface area contributed by atoms with Gasteiger partial charge in [0.1, 0.15) is 12.0 Å². The lowest BCUT2D eigenvalue weighted by atomic mass is 10.00. The molecule has 0 amide bonds. The number of nitrogens with one attached hydrogen (secondary N) is 1. The number of aromatic nitrogens is 4. The molecule has 2 aromatic rings. The quantitative estimate of drug-likeness (QED) is 0.830. The van der Waals surface area contributed by atoms with Crippen molar-refractivity contribution in [2.24, 2.45) is 0 Å². The van der Waals surface area contributed by atoms with Crippen molar-refractivity contribution in [3.8, 4) is 11.5 Å². The molecule has 0 saturated carbocycles. The van der Waals surface area contributed by atoms with Crippen LogP contribution >= 0.6 is 0 Å². The third-order valence-electron chi connectivity index (χ3n) is 2.90. The van der Waals surface area contributed by atoms with Gasteiger partial charge in [0.25, 0.3) is 0 Å². The summed E-state index contributed by atoms with van der Waals surface area (Å²) in [5.41, 5.74) is 0.693. The smallest absolute Gasteiger partial charge is 0.231 e. The van der Waals surface area contributed by atoms with Gasteiger partial charge in [0.15, 0.2) is 0 Å². The van der Waals surface area contributed by atoms with Crippen molar-refractivity contribution in [2.75, 3.05) is 13.1 Å². The van der Waals surface area contributed by atoms with E-state index in [1.54, 1.807) is 12.3 Å². The molecule has 0 spiro atoms. The molecular formula is C11H13N5O. The maximum Gasteiger partial charge on any atom is 0.231 e. The molecule has 1 atom stereocenters. The van der Waals surface area contributed by atoms with Gasteiger partial charge >= 0.3 is 0 Å². The molecule has 6 heteroatoms. The standard InChI is InChI=1S/C11H13N5O/c1-2-8(6-12-4-1)11-15-10(16-17-11)9-3-5-13-7-14-9/h3,5,7-8,12H,1-2,4,6H2. The highest BCUT2D eigenvalue weighted by molar-refractivity contribution is 5.46. The number of nitrogens with zero attached hydrogens (tertiary/aromatic N) is 4. The molecule has 2 aromatic heterocycles. The summed E-state index contributed by atoms with van der Waals surface area (Å²) >= 11 is 0. The van der Waals surface area contributed by atoms with Crippen LogP contribution in [-0.4, -0.2) is 33.2 Å². The molecule has 1 fully saturated rings. The second-order valence-electron chi connectivity index (χ2n) is 4.09. The Morgan fingerprint density at radius 3 is 3.18 bits per heavy atom. The largest absolute Gasteiger partial charge is 0.339 e. The van der Waals surface area contributed by atoms with Crippen molar-refractivity contribution in [3.05, 3.63) is 24.5 Å². The van der Waals surface area contributed by atoms with Crippen LogP contribution in [0.5, 0.6) is 0 Å². The van der Waals surface area contributed by atoms with Gasteiger partial charge in [-0.2, -0.15) is 4.98 Å². The summed E-state index contributed by atoms with van der Waals surface area (Å²) in [6, 6.07) is 1.77. The molecule has 1 aliphatic rings. The van der Waals surface area contributed by atoms with Crippen LogP contribution < -0.4 is 5.32 Å². The first-order chi connectivity index (χ1) is 8.43. The Hall–Kier alpha value is -1.82. The number of hydrogen-bond acceptors (Lipinski definition) is 6. The number of rotatable bonds is 2. The zero-order chi connectivity index (χ0) is 11.5. The summed E-state index contributed by atoms with van der Waals surface area (Å²) in [7, 11) is 0. The highest BCUT2D eigenvalue weighted by Crippen LogP contribution is 2.23.